The summed E-state index contributed by atoms with van der Waals surface area (Å²) in [5.74, 6) is -0.494. The van der Waals surface area contributed by atoms with E-state index in [1.54, 1.807) is 36.6 Å². The van der Waals surface area contributed by atoms with Gasteiger partial charge in [0, 0.05) is 16.0 Å². The molecule has 0 fully saturated rings. The van der Waals surface area contributed by atoms with Gasteiger partial charge in [-0.05, 0) is 24.6 Å². The van der Waals surface area contributed by atoms with Crippen molar-refractivity contribution in [3.63, 3.8) is 0 Å². The molecule has 0 aliphatic carbocycles. The third-order valence-corrected chi connectivity index (χ3v) is 3.87. The topological polar surface area (TPSA) is 81.4 Å². The molecule has 2 amide bonds. The summed E-state index contributed by atoms with van der Waals surface area (Å²) in [6.07, 6.45) is 0. The molecule has 21 heavy (non-hydrogen) atoms. The summed E-state index contributed by atoms with van der Waals surface area (Å²) in [7, 11) is 0. The van der Waals surface area contributed by atoms with Crippen LogP contribution in [0.3, 0.4) is 0 Å². The van der Waals surface area contributed by atoms with E-state index in [4.69, 9.17) is 22.1 Å². The summed E-state index contributed by atoms with van der Waals surface area (Å²) >= 11 is 7.05. The van der Waals surface area contributed by atoms with Crippen molar-refractivity contribution in [2.75, 3.05) is 11.9 Å². The number of esters is 1. The SMILES string of the molecule is CCOC(=O)c1scc(-c2ccc(Cl)cc2)c1NC(N)=O. The monoisotopic (exact) mass is 324 g/mol. The zero-order valence-electron chi connectivity index (χ0n) is 11.2. The molecule has 0 aliphatic heterocycles. The van der Waals surface area contributed by atoms with Crippen LogP contribution in [0.25, 0.3) is 11.1 Å². The van der Waals surface area contributed by atoms with Crippen LogP contribution in [0.5, 0.6) is 0 Å². The number of carbonyl (C=O) groups is 2. The van der Waals surface area contributed by atoms with Crippen LogP contribution < -0.4 is 11.1 Å². The number of nitrogens with two attached hydrogens (primary N) is 1. The van der Waals surface area contributed by atoms with E-state index < -0.39 is 12.0 Å². The average Bonchev–Trinajstić information content (AvgIpc) is 2.83. The molecule has 0 saturated heterocycles. The van der Waals surface area contributed by atoms with Crippen LogP contribution in [0.15, 0.2) is 29.6 Å². The molecule has 0 atom stereocenters. The summed E-state index contributed by atoms with van der Waals surface area (Å²) in [4.78, 5) is 23.4. The van der Waals surface area contributed by atoms with Crippen LogP contribution in [0, 0.1) is 0 Å². The maximum atomic E-state index is 11.9. The van der Waals surface area contributed by atoms with Gasteiger partial charge in [0.1, 0.15) is 4.88 Å². The second-order valence-electron chi connectivity index (χ2n) is 4.07. The molecular weight excluding hydrogens is 312 g/mol. The highest BCUT2D eigenvalue weighted by Crippen LogP contribution is 2.37. The van der Waals surface area contributed by atoms with Gasteiger partial charge in [-0.25, -0.2) is 9.59 Å². The third kappa shape index (κ3) is 3.53. The molecular formula is C14H13ClN2O3S. The zero-order chi connectivity index (χ0) is 15.4. The lowest BCUT2D eigenvalue weighted by Crippen LogP contribution is -2.21. The van der Waals surface area contributed by atoms with E-state index in [2.05, 4.69) is 5.32 Å². The molecule has 1 aromatic carbocycles. The van der Waals surface area contributed by atoms with Gasteiger partial charge in [-0.1, -0.05) is 23.7 Å². The van der Waals surface area contributed by atoms with Crippen molar-refractivity contribution >= 4 is 40.6 Å². The fourth-order valence-corrected chi connectivity index (χ4v) is 2.84. The Morgan fingerprint density at radius 1 is 1.33 bits per heavy atom. The first-order valence-corrected chi connectivity index (χ1v) is 7.39. The summed E-state index contributed by atoms with van der Waals surface area (Å²) in [6, 6.07) is 6.31. The van der Waals surface area contributed by atoms with Crippen LogP contribution >= 0.6 is 22.9 Å². The Morgan fingerprint density at radius 3 is 2.57 bits per heavy atom. The highest BCUT2D eigenvalue weighted by atomic mass is 35.5. The van der Waals surface area contributed by atoms with Crippen molar-refractivity contribution in [1.82, 2.24) is 0 Å². The Hall–Kier alpha value is -2.05. The first-order valence-electron chi connectivity index (χ1n) is 6.14. The number of benzene rings is 1. The minimum Gasteiger partial charge on any atom is -0.462 e. The minimum atomic E-state index is -0.742. The van der Waals surface area contributed by atoms with Crippen molar-refractivity contribution in [1.29, 1.82) is 0 Å². The van der Waals surface area contributed by atoms with Gasteiger partial charge in [-0.2, -0.15) is 0 Å². The van der Waals surface area contributed by atoms with Crippen LogP contribution in [0.2, 0.25) is 5.02 Å². The van der Waals surface area contributed by atoms with Gasteiger partial charge in [-0.3, -0.25) is 0 Å². The molecule has 0 aliphatic rings. The highest BCUT2D eigenvalue weighted by Gasteiger charge is 2.21. The molecule has 0 radical (unpaired) electrons. The molecule has 2 aromatic rings. The normalized spacial score (nSPS) is 10.2. The Kier molecular flexibility index (Phi) is 4.82. The van der Waals surface area contributed by atoms with E-state index in [1.807, 2.05) is 0 Å². The second-order valence-corrected chi connectivity index (χ2v) is 5.39. The number of urea groups is 1. The van der Waals surface area contributed by atoms with Crippen LogP contribution in [-0.4, -0.2) is 18.6 Å². The summed E-state index contributed by atoms with van der Waals surface area (Å²) in [5, 5.41) is 4.86. The van der Waals surface area contributed by atoms with Crippen molar-refractivity contribution in [2.24, 2.45) is 5.73 Å². The van der Waals surface area contributed by atoms with Crippen molar-refractivity contribution < 1.29 is 14.3 Å². The average molecular weight is 325 g/mol. The Morgan fingerprint density at radius 2 is 2.00 bits per heavy atom. The zero-order valence-corrected chi connectivity index (χ0v) is 12.8. The maximum Gasteiger partial charge on any atom is 0.350 e. The molecule has 1 aromatic heterocycles. The molecule has 2 rings (SSSR count). The molecule has 7 heteroatoms. The molecule has 0 spiro atoms. The Bertz CT molecular complexity index is 667. The molecule has 5 nitrogen and oxygen atoms in total. The smallest absolute Gasteiger partial charge is 0.350 e. The van der Waals surface area contributed by atoms with E-state index in [-0.39, 0.29) is 6.61 Å². The Balaban J connectivity index is 2.48. The Labute approximate surface area is 130 Å². The van der Waals surface area contributed by atoms with E-state index >= 15 is 0 Å². The third-order valence-electron chi connectivity index (χ3n) is 2.66. The van der Waals surface area contributed by atoms with Crippen molar-refractivity contribution in [3.8, 4) is 11.1 Å². The summed E-state index contributed by atoms with van der Waals surface area (Å²) < 4.78 is 4.98. The predicted octanol–water partition coefficient (Wildman–Crippen LogP) is 3.74. The van der Waals surface area contributed by atoms with Gasteiger partial charge in [0.25, 0.3) is 0 Å². The van der Waals surface area contributed by atoms with Gasteiger partial charge in [-0.15, -0.1) is 11.3 Å². The molecule has 1 heterocycles. The van der Waals surface area contributed by atoms with Crippen LogP contribution in [0.4, 0.5) is 10.5 Å². The van der Waals surface area contributed by atoms with E-state index in [9.17, 15) is 9.59 Å². The van der Waals surface area contributed by atoms with Crippen molar-refractivity contribution in [3.05, 3.63) is 39.5 Å². The van der Waals surface area contributed by atoms with Gasteiger partial charge in [0.2, 0.25) is 0 Å². The first-order chi connectivity index (χ1) is 10.0. The minimum absolute atomic E-state index is 0.253. The number of rotatable bonds is 4. The molecule has 0 unspecified atom stereocenters. The fraction of sp³-hybridized carbons (Fsp3) is 0.143. The van der Waals surface area contributed by atoms with Crippen LogP contribution in [0.1, 0.15) is 16.6 Å². The number of nitrogens with one attached hydrogen (secondary N) is 1. The predicted molar refractivity (Wildman–Crippen MR) is 83.9 cm³/mol. The molecule has 0 bridgehead atoms. The quantitative estimate of drug-likeness (QED) is 0.841. The standard InChI is InChI=1S/C14H13ClN2O3S/c1-2-20-13(18)12-11(17-14(16)19)10(7-21-12)8-3-5-9(15)6-4-8/h3-7H,2H2,1H3,(H3,16,17,19). The number of carbonyl (C=O) groups excluding carboxylic acids is 2. The van der Waals surface area contributed by atoms with Gasteiger partial charge >= 0.3 is 12.0 Å². The number of ether oxygens (including phenoxy) is 1. The fourth-order valence-electron chi connectivity index (χ4n) is 1.79. The van der Waals surface area contributed by atoms with E-state index in [1.165, 1.54) is 11.3 Å². The lowest BCUT2D eigenvalue weighted by atomic mass is 10.1. The number of anilines is 1. The van der Waals surface area contributed by atoms with Crippen LogP contribution in [-0.2, 0) is 4.74 Å². The molecule has 0 saturated carbocycles. The number of thiophene rings is 1. The summed E-state index contributed by atoms with van der Waals surface area (Å²) in [5.41, 5.74) is 7.04. The second kappa shape index (κ2) is 6.60. The maximum absolute atomic E-state index is 11.9. The van der Waals surface area contributed by atoms with Gasteiger partial charge < -0.3 is 15.8 Å². The number of amides is 2. The van der Waals surface area contributed by atoms with Gasteiger partial charge in [0.05, 0.1) is 12.3 Å². The number of hydrogen-bond donors (Lipinski definition) is 2. The number of primary amides is 1. The summed E-state index contributed by atoms with van der Waals surface area (Å²) in [6.45, 7) is 1.97. The van der Waals surface area contributed by atoms with Gasteiger partial charge in [0.15, 0.2) is 0 Å². The first kappa shape index (κ1) is 15.3. The molecule has 110 valence electrons. The number of halogens is 1. The largest absolute Gasteiger partial charge is 0.462 e. The van der Waals surface area contributed by atoms with E-state index in [0.29, 0.717) is 21.2 Å². The van der Waals surface area contributed by atoms with Crippen molar-refractivity contribution in [2.45, 2.75) is 6.92 Å². The molecule has 3 N–H and O–H groups in total. The lowest BCUT2D eigenvalue weighted by molar-refractivity contribution is 0.0533. The number of hydrogen-bond acceptors (Lipinski definition) is 4. The highest BCUT2D eigenvalue weighted by molar-refractivity contribution is 7.13. The van der Waals surface area contributed by atoms with E-state index in [0.717, 1.165) is 5.56 Å². The lowest BCUT2D eigenvalue weighted by Gasteiger charge is -2.08.